The maximum Gasteiger partial charge on any atom is 0.320 e. The van der Waals surface area contributed by atoms with Crippen molar-refractivity contribution >= 4 is 22.3 Å². The summed E-state index contributed by atoms with van der Waals surface area (Å²) in [5.74, 6) is -0.858. The first-order chi connectivity index (χ1) is 9.43. The van der Waals surface area contributed by atoms with E-state index >= 15 is 0 Å². The minimum Gasteiger partial charge on any atom is -0.480 e. The normalized spacial score (nSPS) is 16.6. The van der Waals surface area contributed by atoms with Gasteiger partial charge < -0.3 is 10.1 Å². The zero-order valence-electron chi connectivity index (χ0n) is 14.4. The molecule has 0 aliphatic carbocycles. The standard InChI is InChI=1S/C15H27NO2Si2/c1-19(2,3)15(14(17)18,16-20(4,5)6)12-13-10-8-7-9-11-13/h7-11,16H,12H2,1-6H3,(H,17,18)/t15-/m1/s1/i/hD. The molecule has 1 aromatic rings. The number of rotatable bonds is 6. The zero-order chi connectivity index (χ0) is 16.5. The van der Waals surface area contributed by atoms with E-state index in [1.54, 1.807) is 0 Å². The molecule has 112 valence electrons. The molecule has 20 heavy (non-hydrogen) atoms. The number of carbonyl (C=O) groups is 1. The Morgan fingerprint density at radius 1 is 1.20 bits per heavy atom. The number of carboxylic acid groups (broad SMARTS) is 1. The van der Waals surface area contributed by atoms with Gasteiger partial charge in [-0.1, -0.05) is 69.6 Å². The first kappa shape index (κ1) is 15.5. The van der Waals surface area contributed by atoms with E-state index in [0.717, 1.165) is 5.56 Å². The quantitative estimate of drug-likeness (QED) is 0.792. The second-order valence-electron chi connectivity index (χ2n) is 7.36. The summed E-state index contributed by atoms with van der Waals surface area (Å²) in [6, 6.07) is 9.69. The topological polar surface area (TPSA) is 49.3 Å². The Labute approximate surface area is 126 Å². The number of hydrogen-bond donors (Lipinski definition) is 2. The van der Waals surface area contributed by atoms with Crippen LogP contribution in [0.3, 0.4) is 0 Å². The van der Waals surface area contributed by atoms with E-state index in [-0.39, 0.29) is 0 Å². The zero-order valence-corrected chi connectivity index (χ0v) is 15.4. The number of hydrogen-bond acceptors (Lipinski definition) is 2. The molecule has 0 aliphatic rings. The van der Waals surface area contributed by atoms with Crippen molar-refractivity contribution < 1.29 is 11.3 Å². The van der Waals surface area contributed by atoms with Crippen molar-refractivity contribution in [3.05, 3.63) is 35.9 Å². The highest BCUT2D eigenvalue weighted by atomic mass is 28.3. The van der Waals surface area contributed by atoms with Crippen LogP contribution >= 0.6 is 0 Å². The molecule has 0 saturated carbocycles. The van der Waals surface area contributed by atoms with Gasteiger partial charge in [0, 0.05) is 0 Å². The number of benzene rings is 1. The van der Waals surface area contributed by atoms with Gasteiger partial charge in [-0.2, -0.15) is 0 Å². The Balaban J connectivity index is 3.44. The average Bonchev–Trinajstić information content (AvgIpc) is 2.33. The fourth-order valence-corrected chi connectivity index (χ4v) is 7.42. The molecule has 1 aromatic carbocycles. The maximum absolute atomic E-state index is 12.3. The van der Waals surface area contributed by atoms with Crippen molar-refractivity contribution in [3.63, 3.8) is 0 Å². The highest BCUT2D eigenvalue weighted by Crippen LogP contribution is 2.28. The largest absolute Gasteiger partial charge is 0.480 e. The van der Waals surface area contributed by atoms with E-state index in [9.17, 15) is 9.90 Å². The third-order valence-electron chi connectivity index (χ3n) is 3.42. The van der Waals surface area contributed by atoms with Gasteiger partial charge in [0.25, 0.3) is 0 Å². The number of carboxylic acids is 1. The summed E-state index contributed by atoms with van der Waals surface area (Å²) in [6.07, 6.45) is 0.396. The van der Waals surface area contributed by atoms with E-state index in [1.807, 2.05) is 69.6 Å². The molecule has 0 radical (unpaired) electrons. The predicted molar refractivity (Wildman–Crippen MR) is 90.3 cm³/mol. The lowest BCUT2D eigenvalue weighted by Gasteiger charge is -2.45. The first-order valence-corrected chi connectivity index (χ1v) is 13.9. The lowest BCUT2D eigenvalue weighted by molar-refractivity contribution is -0.141. The van der Waals surface area contributed by atoms with Gasteiger partial charge in [-0.05, 0) is 12.0 Å². The van der Waals surface area contributed by atoms with Gasteiger partial charge in [-0.3, -0.25) is 4.79 Å². The first-order valence-electron chi connectivity index (χ1n) is 7.44. The molecule has 0 aromatic heterocycles. The van der Waals surface area contributed by atoms with Gasteiger partial charge in [-0.25, -0.2) is 0 Å². The van der Waals surface area contributed by atoms with Crippen molar-refractivity contribution in [2.24, 2.45) is 0 Å². The van der Waals surface area contributed by atoms with Gasteiger partial charge in [0.1, 0.15) is 14.8 Å². The molecule has 3 nitrogen and oxygen atoms in total. The van der Waals surface area contributed by atoms with E-state index in [1.165, 1.54) is 4.98 Å². The third kappa shape index (κ3) is 4.04. The van der Waals surface area contributed by atoms with E-state index in [4.69, 9.17) is 1.41 Å². The minimum atomic E-state index is -2.18. The lowest BCUT2D eigenvalue weighted by atomic mass is 10.1. The summed E-state index contributed by atoms with van der Waals surface area (Å²) in [7, 11) is -4.25. The molecule has 0 aliphatic heterocycles. The number of nitrogens with one attached hydrogen (secondary N) is 1. The van der Waals surface area contributed by atoms with Gasteiger partial charge in [0.2, 0.25) is 0 Å². The van der Waals surface area contributed by atoms with Crippen molar-refractivity contribution in [3.8, 4) is 0 Å². The molecule has 0 fully saturated rings. The van der Waals surface area contributed by atoms with Gasteiger partial charge >= 0.3 is 5.97 Å². The van der Waals surface area contributed by atoms with Crippen LogP contribution in [0.1, 0.15) is 5.56 Å². The summed E-state index contributed by atoms with van der Waals surface area (Å²) >= 11 is 0. The Bertz CT molecular complexity index is 497. The van der Waals surface area contributed by atoms with Crippen LogP contribution < -0.4 is 4.98 Å². The fourth-order valence-electron chi connectivity index (χ4n) is 2.38. The Hall–Kier alpha value is -0.916. The molecular formula is C15H27NO2Si2. The summed E-state index contributed by atoms with van der Waals surface area (Å²) in [5, 5.41) is 8.95. The van der Waals surface area contributed by atoms with Crippen LogP contribution in [0, 0.1) is 0 Å². The van der Waals surface area contributed by atoms with Crippen LogP contribution in [-0.2, 0) is 11.2 Å². The molecule has 0 unspecified atom stereocenters. The van der Waals surface area contributed by atoms with E-state index in [0.29, 0.717) is 6.42 Å². The average molecular weight is 311 g/mol. The van der Waals surface area contributed by atoms with Crippen LogP contribution in [0.2, 0.25) is 40.7 Å². The van der Waals surface area contributed by atoms with Crippen molar-refractivity contribution in [2.45, 2.75) is 50.9 Å². The van der Waals surface area contributed by atoms with Crippen LogP contribution in [0.4, 0.5) is 0 Å². The smallest absolute Gasteiger partial charge is 0.320 e. The monoisotopic (exact) mass is 310 g/mol. The Morgan fingerprint density at radius 2 is 1.70 bits per heavy atom. The highest BCUT2D eigenvalue weighted by Gasteiger charge is 2.51. The van der Waals surface area contributed by atoms with Crippen molar-refractivity contribution in [1.82, 2.24) is 4.98 Å². The fraction of sp³-hybridized carbons (Fsp3) is 0.533. The van der Waals surface area contributed by atoms with Crippen molar-refractivity contribution in [2.75, 3.05) is 0 Å². The molecule has 0 amide bonds. The SMILES string of the molecule is [2H]N([C@@](Cc1ccccc1)(C(=O)O)[Si](C)(C)C)[Si](C)(C)C. The summed E-state index contributed by atoms with van der Waals surface area (Å²) in [5.41, 5.74) is 0.984. The third-order valence-corrected chi connectivity index (χ3v) is 7.68. The minimum absolute atomic E-state index is 0.396. The molecule has 5 heteroatoms. The summed E-state index contributed by atoms with van der Waals surface area (Å²) in [6.45, 7) is 12.2. The Morgan fingerprint density at radius 3 is 2.05 bits per heavy atom. The molecular weight excluding hydrogens is 282 g/mol. The molecule has 0 saturated heterocycles. The molecule has 0 heterocycles. The van der Waals surface area contributed by atoms with Crippen LogP contribution in [0.25, 0.3) is 0 Å². The predicted octanol–water partition coefficient (Wildman–Crippen LogP) is 3.35. The highest BCUT2D eigenvalue weighted by molar-refractivity contribution is 6.85. The van der Waals surface area contributed by atoms with Gasteiger partial charge in [0.05, 0.1) is 8.07 Å². The molecule has 1 rings (SSSR count). The molecule has 0 spiro atoms. The molecule has 2 N–H and O–H groups in total. The van der Waals surface area contributed by atoms with Crippen LogP contribution in [-0.4, -0.2) is 32.5 Å². The van der Waals surface area contributed by atoms with Gasteiger partial charge in [-0.15, -0.1) is 0 Å². The van der Waals surface area contributed by atoms with Crippen molar-refractivity contribution in [1.29, 1.82) is 0 Å². The van der Waals surface area contributed by atoms with E-state index < -0.39 is 27.4 Å². The lowest BCUT2D eigenvalue weighted by Crippen LogP contribution is -2.73. The summed E-state index contributed by atoms with van der Waals surface area (Å²) < 4.78 is 8.61. The number of aliphatic carboxylic acids is 1. The Kier molecular flexibility index (Phi) is 4.51. The van der Waals surface area contributed by atoms with E-state index in [2.05, 4.69) is 0 Å². The summed E-state index contributed by atoms with van der Waals surface area (Å²) in [4.78, 5) is 13.7. The second kappa shape index (κ2) is 5.83. The van der Waals surface area contributed by atoms with Crippen LogP contribution in [0.5, 0.6) is 0 Å². The molecule has 0 bridgehead atoms. The molecule has 1 atom stereocenters. The maximum atomic E-state index is 12.3. The van der Waals surface area contributed by atoms with Gasteiger partial charge in [0.15, 0.2) is 0 Å². The second-order valence-corrected chi connectivity index (χ2v) is 17.3. The van der Waals surface area contributed by atoms with Crippen LogP contribution in [0.15, 0.2) is 30.3 Å².